The van der Waals surface area contributed by atoms with E-state index in [0.29, 0.717) is 6.79 Å². The van der Waals surface area contributed by atoms with Gasteiger partial charge in [-0.05, 0) is 34.1 Å². The zero-order valence-electron chi connectivity index (χ0n) is 7.68. The first-order valence-electron chi connectivity index (χ1n) is 4.44. The molecule has 0 unspecified atom stereocenters. The maximum Gasteiger partial charge on any atom is 0.231 e. The van der Waals surface area contributed by atoms with Crippen LogP contribution in [0.5, 0.6) is 11.5 Å². The summed E-state index contributed by atoms with van der Waals surface area (Å²) in [5, 5.41) is 4.24. The van der Waals surface area contributed by atoms with Crippen LogP contribution in [0.15, 0.2) is 35.1 Å². The minimum Gasteiger partial charge on any atom is -0.454 e. The zero-order valence-corrected chi connectivity index (χ0v) is 9.27. The van der Waals surface area contributed by atoms with Crippen LogP contribution in [-0.4, -0.2) is 16.6 Å². The molecule has 0 spiro atoms. The SMILES string of the molecule is Brc1ccn(-c2ccc3c(c2)OCO3)n1. The first-order chi connectivity index (χ1) is 7.33. The normalized spacial score (nSPS) is 13.1. The first kappa shape index (κ1) is 8.79. The predicted molar refractivity (Wildman–Crippen MR) is 57.4 cm³/mol. The summed E-state index contributed by atoms with van der Waals surface area (Å²) in [6, 6.07) is 7.60. The molecule has 0 bridgehead atoms. The third-order valence-corrected chi connectivity index (χ3v) is 2.60. The lowest BCUT2D eigenvalue weighted by molar-refractivity contribution is 0.174. The van der Waals surface area contributed by atoms with Gasteiger partial charge in [0.05, 0.1) is 5.69 Å². The molecule has 1 aromatic heterocycles. The highest BCUT2D eigenvalue weighted by Crippen LogP contribution is 2.33. The van der Waals surface area contributed by atoms with E-state index in [4.69, 9.17) is 9.47 Å². The van der Waals surface area contributed by atoms with Crippen molar-refractivity contribution in [2.75, 3.05) is 6.79 Å². The fourth-order valence-electron chi connectivity index (χ4n) is 1.47. The summed E-state index contributed by atoms with van der Waals surface area (Å²) in [4.78, 5) is 0. The van der Waals surface area contributed by atoms with Gasteiger partial charge in [0.25, 0.3) is 0 Å². The molecule has 0 amide bonds. The van der Waals surface area contributed by atoms with Crippen LogP contribution in [0.1, 0.15) is 0 Å². The Morgan fingerprint density at radius 2 is 2.07 bits per heavy atom. The topological polar surface area (TPSA) is 36.3 Å². The van der Waals surface area contributed by atoms with Gasteiger partial charge in [-0.2, -0.15) is 5.10 Å². The van der Waals surface area contributed by atoms with Gasteiger partial charge in [0, 0.05) is 12.3 Å². The quantitative estimate of drug-likeness (QED) is 0.795. The minimum atomic E-state index is 0.293. The number of hydrogen-bond acceptors (Lipinski definition) is 3. The van der Waals surface area contributed by atoms with Crippen LogP contribution in [0.3, 0.4) is 0 Å². The number of hydrogen-bond donors (Lipinski definition) is 0. The molecule has 0 saturated heterocycles. The summed E-state index contributed by atoms with van der Waals surface area (Å²) < 4.78 is 13.1. The molecule has 15 heavy (non-hydrogen) atoms. The third-order valence-electron chi connectivity index (χ3n) is 2.18. The van der Waals surface area contributed by atoms with E-state index in [1.807, 2.05) is 30.5 Å². The fraction of sp³-hybridized carbons (Fsp3) is 0.100. The number of nitrogens with zero attached hydrogens (tertiary/aromatic N) is 2. The van der Waals surface area contributed by atoms with E-state index in [-0.39, 0.29) is 0 Å². The van der Waals surface area contributed by atoms with Crippen LogP contribution in [0.25, 0.3) is 5.69 Å². The highest BCUT2D eigenvalue weighted by Gasteiger charge is 2.13. The Hall–Kier alpha value is -1.49. The van der Waals surface area contributed by atoms with Gasteiger partial charge in [-0.1, -0.05) is 0 Å². The van der Waals surface area contributed by atoms with Crippen molar-refractivity contribution in [2.24, 2.45) is 0 Å². The summed E-state index contributed by atoms with van der Waals surface area (Å²) in [7, 11) is 0. The van der Waals surface area contributed by atoms with Gasteiger partial charge in [-0.25, -0.2) is 4.68 Å². The van der Waals surface area contributed by atoms with Crippen LogP contribution in [0.2, 0.25) is 0 Å². The van der Waals surface area contributed by atoms with E-state index in [1.165, 1.54) is 0 Å². The highest BCUT2D eigenvalue weighted by molar-refractivity contribution is 9.10. The van der Waals surface area contributed by atoms with Crippen molar-refractivity contribution in [1.29, 1.82) is 0 Å². The van der Waals surface area contributed by atoms with Crippen molar-refractivity contribution in [1.82, 2.24) is 9.78 Å². The number of halogens is 1. The molecule has 2 heterocycles. The van der Waals surface area contributed by atoms with E-state index in [1.54, 1.807) is 4.68 Å². The molecular formula is C10H7BrN2O2. The van der Waals surface area contributed by atoms with Crippen molar-refractivity contribution in [2.45, 2.75) is 0 Å². The molecule has 0 fully saturated rings. The van der Waals surface area contributed by atoms with E-state index in [9.17, 15) is 0 Å². The second-order valence-electron chi connectivity index (χ2n) is 3.12. The van der Waals surface area contributed by atoms with Gasteiger partial charge < -0.3 is 9.47 Å². The Bertz CT molecular complexity index is 510. The highest BCUT2D eigenvalue weighted by atomic mass is 79.9. The molecule has 3 rings (SSSR count). The Morgan fingerprint density at radius 3 is 2.87 bits per heavy atom. The standard InChI is InChI=1S/C10H7BrN2O2/c11-10-3-4-13(12-10)7-1-2-8-9(5-7)15-6-14-8/h1-5H,6H2. The number of fused-ring (bicyclic) bond motifs is 1. The Balaban J connectivity index is 2.06. The number of benzene rings is 1. The summed E-state index contributed by atoms with van der Waals surface area (Å²) in [5.41, 5.74) is 0.949. The van der Waals surface area contributed by atoms with E-state index in [2.05, 4.69) is 21.0 Å². The van der Waals surface area contributed by atoms with E-state index >= 15 is 0 Å². The molecular weight excluding hydrogens is 260 g/mol. The lowest BCUT2D eigenvalue weighted by atomic mass is 10.3. The molecule has 5 heteroatoms. The van der Waals surface area contributed by atoms with Crippen LogP contribution >= 0.6 is 15.9 Å². The molecule has 1 aromatic carbocycles. The van der Waals surface area contributed by atoms with Crippen LogP contribution in [0, 0.1) is 0 Å². The van der Waals surface area contributed by atoms with E-state index in [0.717, 1.165) is 21.8 Å². The monoisotopic (exact) mass is 266 g/mol. The van der Waals surface area contributed by atoms with Crippen molar-refractivity contribution >= 4 is 15.9 Å². The molecule has 1 aliphatic heterocycles. The van der Waals surface area contributed by atoms with Crippen molar-refractivity contribution in [3.8, 4) is 17.2 Å². The number of rotatable bonds is 1. The molecule has 0 atom stereocenters. The predicted octanol–water partition coefficient (Wildman–Crippen LogP) is 2.36. The van der Waals surface area contributed by atoms with Gasteiger partial charge in [0.2, 0.25) is 6.79 Å². The number of aromatic nitrogens is 2. The minimum absolute atomic E-state index is 0.293. The molecule has 76 valence electrons. The lowest BCUT2D eigenvalue weighted by Crippen LogP contribution is -1.94. The van der Waals surface area contributed by atoms with Crippen LogP contribution in [-0.2, 0) is 0 Å². The summed E-state index contributed by atoms with van der Waals surface area (Å²) >= 11 is 3.30. The molecule has 0 radical (unpaired) electrons. The number of ether oxygens (including phenoxy) is 2. The molecule has 2 aromatic rings. The smallest absolute Gasteiger partial charge is 0.231 e. The third kappa shape index (κ3) is 1.48. The van der Waals surface area contributed by atoms with Crippen molar-refractivity contribution in [3.63, 3.8) is 0 Å². The Kier molecular flexibility index (Phi) is 1.92. The maximum atomic E-state index is 5.29. The van der Waals surface area contributed by atoms with Crippen molar-refractivity contribution in [3.05, 3.63) is 35.1 Å². The molecule has 1 aliphatic rings. The summed E-state index contributed by atoms with van der Waals surface area (Å²) in [6.45, 7) is 0.293. The first-order valence-corrected chi connectivity index (χ1v) is 5.23. The van der Waals surface area contributed by atoms with Gasteiger partial charge in [-0.3, -0.25) is 0 Å². The average molecular weight is 267 g/mol. The summed E-state index contributed by atoms with van der Waals surface area (Å²) in [5.74, 6) is 1.55. The van der Waals surface area contributed by atoms with E-state index < -0.39 is 0 Å². The fourth-order valence-corrected chi connectivity index (χ4v) is 1.76. The second kappa shape index (κ2) is 3.27. The molecule has 0 N–H and O–H groups in total. The van der Waals surface area contributed by atoms with Crippen molar-refractivity contribution < 1.29 is 9.47 Å². The average Bonchev–Trinajstić information content (AvgIpc) is 2.84. The lowest BCUT2D eigenvalue weighted by Gasteiger charge is -2.02. The van der Waals surface area contributed by atoms with Gasteiger partial charge >= 0.3 is 0 Å². The maximum absolute atomic E-state index is 5.29. The van der Waals surface area contributed by atoms with Gasteiger partial charge in [0.1, 0.15) is 4.60 Å². The molecule has 4 nitrogen and oxygen atoms in total. The second-order valence-corrected chi connectivity index (χ2v) is 3.93. The van der Waals surface area contributed by atoms with Crippen LogP contribution < -0.4 is 9.47 Å². The Morgan fingerprint density at radius 1 is 1.20 bits per heavy atom. The largest absolute Gasteiger partial charge is 0.454 e. The molecule has 0 aliphatic carbocycles. The summed E-state index contributed by atoms with van der Waals surface area (Å²) in [6.07, 6.45) is 1.88. The van der Waals surface area contributed by atoms with Crippen LogP contribution in [0.4, 0.5) is 0 Å². The Labute approximate surface area is 94.5 Å². The van der Waals surface area contributed by atoms with Gasteiger partial charge in [0.15, 0.2) is 11.5 Å². The zero-order chi connectivity index (χ0) is 10.3. The molecule has 0 saturated carbocycles. The van der Waals surface area contributed by atoms with Gasteiger partial charge in [-0.15, -0.1) is 0 Å².